The summed E-state index contributed by atoms with van der Waals surface area (Å²) in [4.78, 5) is 21.9. The summed E-state index contributed by atoms with van der Waals surface area (Å²) in [6.45, 7) is 1.26. The number of nitrogens with zero attached hydrogens (tertiary/aromatic N) is 1. The minimum absolute atomic E-state index is 0.0139. The van der Waals surface area contributed by atoms with E-state index in [0.717, 1.165) is 12.1 Å². The van der Waals surface area contributed by atoms with E-state index >= 15 is 0 Å². The lowest BCUT2D eigenvalue weighted by atomic mass is 10.1. The highest BCUT2D eigenvalue weighted by Gasteiger charge is 2.21. The first-order valence-electron chi connectivity index (χ1n) is 5.81. The molecule has 108 valence electrons. The molecule has 0 aliphatic carbocycles. The minimum Gasteiger partial charge on any atom is -0.448 e. The van der Waals surface area contributed by atoms with Crippen molar-refractivity contribution in [1.82, 2.24) is 0 Å². The number of Topliss-reactive ketones (excluding diaryl/α,β-unsaturated/α-hetero) is 1. The molecule has 0 saturated carbocycles. The zero-order valence-electron chi connectivity index (χ0n) is 10.8. The van der Waals surface area contributed by atoms with Gasteiger partial charge in [-0.1, -0.05) is 6.07 Å². The highest BCUT2D eigenvalue weighted by Crippen LogP contribution is 2.39. The normalized spacial score (nSPS) is 10.2. The largest absolute Gasteiger partial charge is 0.448 e. The van der Waals surface area contributed by atoms with E-state index in [2.05, 4.69) is 15.9 Å². The molecule has 0 aliphatic heterocycles. The third kappa shape index (κ3) is 3.25. The molecule has 0 aromatic heterocycles. The molecule has 2 aromatic carbocycles. The number of nitro benzene ring substituents is 1. The lowest BCUT2D eigenvalue weighted by molar-refractivity contribution is -0.385. The maximum atomic E-state index is 13.2. The Bertz CT molecular complexity index is 733. The van der Waals surface area contributed by atoms with E-state index in [1.165, 1.54) is 25.1 Å². The van der Waals surface area contributed by atoms with Crippen LogP contribution in [0.25, 0.3) is 0 Å². The zero-order chi connectivity index (χ0) is 15.6. The van der Waals surface area contributed by atoms with E-state index in [1.807, 2.05) is 0 Å². The molecule has 2 rings (SSSR count). The van der Waals surface area contributed by atoms with Gasteiger partial charge in [-0.3, -0.25) is 14.9 Å². The van der Waals surface area contributed by atoms with Crippen LogP contribution in [-0.4, -0.2) is 10.7 Å². The van der Waals surface area contributed by atoms with Gasteiger partial charge in [0.05, 0.1) is 15.0 Å². The summed E-state index contributed by atoms with van der Waals surface area (Å²) in [6.07, 6.45) is 0. The van der Waals surface area contributed by atoms with Gasteiger partial charge in [0.1, 0.15) is 11.6 Å². The van der Waals surface area contributed by atoms with E-state index in [-0.39, 0.29) is 22.7 Å². The van der Waals surface area contributed by atoms with Crippen LogP contribution in [0.2, 0.25) is 0 Å². The molecule has 0 unspecified atom stereocenters. The van der Waals surface area contributed by atoms with Crippen LogP contribution >= 0.6 is 15.9 Å². The summed E-state index contributed by atoms with van der Waals surface area (Å²) >= 11 is 3.16. The van der Waals surface area contributed by atoms with Crippen molar-refractivity contribution in [2.45, 2.75) is 6.92 Å². The Balaban J connectivity index is 2.53. The van der Waals surface area contributed by atoms with Gasteiger partial charge in [0, 0.05) is 6.07 Å². The Morgan fingerprint density at radius 1 is 1.33 bits per heavy atom. The van der Waals surface area contributed by atoms with Gasteiger partial charge < -0.3 is 4.74 Å². The smallest absolute Gasteiger partial charge is 0.312 e. The molecule has 2 aromatic rings. The van der Waals surface area contributed by atoms with Crippen molar-refractivity contribution in [2.75, 3.05) is 0 Å². The first-order valence-corrected chi connectivity index (χ1v) is 6.60. The van der Waals surface area contributed by atoms with Crippen LogP contribution in [0, 0.1) is 15.9 Å². The number of benzene rings is 2. The fraction of sp³-hybridized carbons (Fsp3) is 0.0714. The predicted molar refractivity (Wildman–Crippen MR) is 77.3 cm³/mol. The van der Waals surface area contributed by atoms with E-state index in [4.69, 9.17) is 4.74 Å². The second-order valence-corrected chi connectivity index (χ2v) is 5.00. The minimum atomic E-state index is -0.600. The average molecular weight is 354 g/mol. The summed E-state index contributed by atoms with van der Waals surface area (Å²) in [6, 6.07) is 7.74. The Morgan fingerprint density at radius 2 is 2.05 bits per heavy atom. The molecule has 0 aliphatic rings. The summed E-state index contributed by atoms with van der Waals surface area (Å²) < 4.78 is 19.0. The molecular weight excluding hydrogens is 345 g/mol. The lowest BCUT2D eigenvalue weighted by Gasteiger charge is -2.11. The van der Waals surface area contributed by atoms with Gasteiger partial charge >= 0.3 is 5.69 Å². The highest BCUT2D eigenvalue weighted by molar-refractivity contribution is 9.10. The number of carbonyl (C=O) groups excluding carboxylic acids is 1. The number of nitro groups is 1. The van der Waals surface area contributed by atoms with Gasteiger partial charge in [-0.2, -0.15) is 0 Å². The monoisotopic (exact) mass is 353 g/mol. The Morgan fingerprint density at radius 3 is 2.67 bits per heavy atom. The molecule has 0 spiro atoms. The number of hydrogen-bond acceptors (Lipinski definition) is 4. The molecule has 0 radical (unpaired) electrons. The molecule has 0 fully saturated rings. The van der Waals surface area contributed by atoms with Crippen molar-refractivity contribution in [2.24, 2.45) is 0 Å². The van der Waals surface area contributed by atoms with Crippen molar-refractivity contribution in [1.29, 1.82) is 0 Å². The second kappa shape index (κ2) is 6.01. The van der Waals surface area contributed by atoms with E-state index in [1.54, 1.807) is 6.07 Å². The zero-order valence-corrected chi connectivity index (χ0v) is 12.4. The number of hydrogen-bond donors (Lipinski definition) is 0. The fourth-order valence-electron chi connectivity index (χ4n) is 1.72. The van der Waals surface area contributed by atoms with Crippen LogP contribution in [0.4, 0.5) is 10.1 Å². The third-order valence-corrected chi connectivity index (χ3v) is 3.30. The van der Waals surface area contributed by atoms with E-state index < -0.39 is 16.5 Å². The first kappa shape index (κ1) is 15.1. The summed E-state index contributed by atoms with van der Waals surface area (Å²) in [5, 5.41) is 11.0. The molecule has 5 nitrogen and oxygen atoms in total. The van der Waals surface area contributed by atoms with Crippen LogP contribution in [0.1, 0.15) is 17.3 Å². The van der Waals surface area contributed by atoms with Crippen molar-refractivity contribution in [3.8, 4) is 11.5 Å². The van der Waals surface area contributed by atoms with Gasteiger partial charge in [0.2, 0.25) is 5.75 Å². The Labute approximate surface area is 127 Å². The number of carbonyl (C=O) groups is 1. The van der Waals surface area contributed by atoms with Crippen LogP contribution in [-0.2, 0) is 0 Å². The fourth-order valence-corrected chi connectivity index (χ4v) is 2.16. The molecule has 21 heavy (non-hydrogen) atoms. The van der Waals surface area contributed by atoms with Gasteiger partial charge in [0.25, 0.3) is 0 Å². The highest BCUT2D eigenvalue weighted by atomic mass is 79.9. The summed E-state index contributed by atoms with van der Waals surface area (Å²) in [5.41, 5.74) is -0.247. The molecule has 0 N–H and O–H groups in total. The molecule has 0 heterocycles. The number of rotatable bonds is 4. The van der Waals surface area contributed by atoms with E-state index in [0.29, 0.717) is 4.47 Å². The van der Waals surface area contributed by atoms with Gasteiger partial charge in [0.15, 0.2) is 5.78 Å². The molecule has 0 bridgehead atoms. The maximum absolute atomic E-state index is 13.2. The predicted octanol–water partition coefficient (Wildman–Crippen LogP) is 4.49. The SMILES string of the molecule is CC(=O)c1cc(F)ccc1Oc1c(Br)cccc1[N+](=O)[O-]. The Kier molecular flexibility index (Phi) is 4.32. The molecule has 0 amide bonds. The van der Waals surface area contributed by atoms with Crippen molar-refractivity contribution in [3.63, 3.8) is 0 Å². The van der Waals surface area contributed by atoms with Crippen molar-refractivity contribution < 1.29 is 18.8 Å². The first-order chi connectivity index (χ1) is 9.90. The lowest BCUT2D eigenvalue weighted by Crippen LogP contribution is -2.00. The topological polar surface area (TPSA) is 69.4 Å². The number of halogens is 2. The quantitative estimate of drug-likeness (QED) is 0.461. The number of ketones is 1. The standard InChI is InChI=1S/C14H9BrFNO4/c1-8(18)10-7-9(16)5-6-13(10)21-14-11(15)3-2-4-12(14)17(19)20/h2-7H,1H3. The van der Waals surface area contributed by atoms with Crippen LogP contribution in [0.15, 0.2) is 40.9 Å². The maximum Gasteiger partial charge on any atom is 0.312 e. The van der Waals surface area contributed by atoms with Crippen molar-refractivity contribution >= 4 is 27.4 Å². The van der Waals surface area contributed by atoms with E-state index in [9.17, 15) is 19.3 Å². The number of ether oxygens (including phenoxy) is 1. The molecule has 7 heteroatoms. The molecule has 0 saturated heterocycles. The van der Waals surface area contributed by atoms with Gasteiger partial charge in [-0.15, -0.1) is 0 Å². The van der Waals surface area contributed by atoms with Crippen molar-refractivity contribution in [3.05, 3.63) is 62.4 Å². The average Bonchev–Trinajstić information content (AvgIpc) is 2.42. The molecule has 0 atom stereocenters. The summed E-state index contributed by atoms with van der Waals surface area (Å²) in [7, 11) is 0. The van der Waals surface area contributed by atoms with Crippen LogP contribution in [0.5, 0.6) is 11.5 Å². The Hall–Kier alpha value is -2.28. The molecular formula is C14H9BrFNO4. The second-order valence-electron chi connectivity index (χ2n) is 4.14. The van der Waals surface area contributed by atoms with Gasteiger partial charge in [-0.25, -0.2) is 4.39 Å². The van der Waals surface area contributed by atoms with Gasteiger partial charge in [-0.05, 0) is 47.1 Å². The third-order valence-electron chi connectivity index (χ3n) is 2.68. The van der Waals surface area contributed by atoms with Crippen LogP contribution in [0.3, 0.4) is 0 Å². The summed E-state index contributed by atoms with van der Waals surface area (Å²) in [5.74, 6) is -0.983. The van der Waals surface area contributed by atoms with Crippen LogP contribution < -0.4 is 4.74 Å². The number of para-hydroxylation sites is 1.